The van der Waals surface area contributed by atoms with Crippen molar-refractivity contribution in [1.82, 2.24) is 0 Å². The molecule has 0 aliphatic rings. The van der Waals surface area contributed by atoms with Gasteiger partial charge in [-0.05, 0) is 86.3 Å². The standard InChI is InChI=1S/C24H21Br2NO5/c1-2-10-27(16-6-4-3-5-7-16)24(31)18-14-17(8-9-21(18)28)32-23-19(25)11-15(12-20(23)26)13-22(29)30/h3-9,11-12,14,28H,2,10,13H2,1H3,(H,29,30). The summed E-state index contributed by atoms with van der Waals surface area (Å²) in [5.74, 6) is -0.640. The number of carbonyl (C=O) groups is 2. The van der Waals surface area contributed by atoms with Gasteiger partial charge in [0.25, 0.3) is 5.91 Å². The minimum Gasteiger partial charge on any atom is -0.507 e. The minimum absolute atomic E-state index is 0.120. The molecule has 1 amide bonds. The molecule has 0 spiro atoms. The second-order valence-electron chi connectivity index (χ2n) is 7.03. The lowest BCUT2D eigenvalue weighted by Crippen LogP contribution is -2.31. The van der Waals surface area contributed by atoms with E-state index < -0.39 is 5.97 Å². The Morgan fingerprint density at radius 3 is 2.25 bits per heavy atom. The number of phenolic OH excluding ortho intramolecular Hbond substituents is 1. The fourth-order valence-corrected chi connectivity index (χ4v) is 4.62. The van der Waals surface area contributed by atoms with Crippen molar-refractivity contribution in [3.63, 3.8) is 0 Å². The lowest BCUT2D eigenvalue weighted by molar-refractivity contribution is -0.136. The topological polar surface area (TPSA) is 87.1 Å². The monoisotopic (exact) mass is 561 g/mol. The van der Waals surface area contributed by atoms with Gasteiger partial charge in [-0.2, -0.15) is 0 Å². The van der Waals surface area contributed by atoms with Gasteiger partial charge in [-0.15, -0.1) is 0 Å². The molecule has 0 aromatic heterocycles. The minimum atomic E-state index is -0.936. The number of rotatable bonds is 8. The van der Waals surface area contributed by atoms with E-state index in [9.17, 15) is 14.7 Å². The average molecular weight is 563 g/mol. The van der Waals surface area contributed by atoms with E-state index in [-0.39, 0.29) is 23.6 Å². The number of para-hydroxylation sites is 1. The average Bonchev–Trinajstić information content (AvgIpc) is 2.75. The van der Waals surface area contributed by atoms with E-state index in [1.807, 2.05) is 37.3 Å². The molecule has 6 nitrogen and oxygen atoms in total. The van der Waals surface area contributed by atoms with Crippen LogP contribution in [0.1, 0.15) is 29.3 Å². The SMILES string of the molecule is CCCN(C(=O)c1cc(Oc2c(Br)cc(CC(=O)O)cc2Br)ccc1O)c1ccccc1. The molecule has 3 rings (SSSR count). The van der Waals surface area contributed by atoms with E-state index in [4.69, 9.17) is 9.84 Å². The molecule has 0 unspecified atom stereocenters. The highest BCUT2D eigenvalue weighted by molar-refractivity contribution is 9.11. The number of carbonyl (C=O) groups excluding carboxylic acids is 1. The number of nitrogens with zero attached hydrogens (tertiary/aromatic N) is 1. The van der Waals surface area contributed by atoms with E-state index in [2.05, 4.69) is 31.9 Å². The summed E-state index contributed by atoms with van der Waals surface area (Å²) in [7, 11) is 0. The number of phenols is 1. The molecule has 0 aliphatic carbocycles. The smallest absolute Gasteiger partial charge is 0.307 e. The molecule has 3 aromatic carbocycles. The van der Waals surface area contributed by atoms with Gasteiger partial charge in [0.2, 0.25) is 0 Å². The fourth-order valence-electron chi connectivity index (χ4n) is 3.18. The number of aromatic hydroxyl groups is 1. The Labute approximate surface area is 202 Å². The highest BCUT2D eigenvalue weighted by Crippen LogP contribution is 2.39. The first-order valence-corrected chi connectivity index (χ1v) is 11.5. The summed E-state index contributed by atoms with van der Waals surface area (Å²) in [4.78, 5) is 25.9. The van der Waals surface area contributed by atoms with Gasteiger partial charge in [0.05, 0.1) is 20.9 Å². The molecule has 8 heteroatoms. The molecule has 2 N–H and O–H groups in total. The second kappa shape index (κ2) is 10.7. The van der Waals surface area contributed by atoms with Crippen molar-refractivity contribution in [3.05, 3.63) is 80.7 Å². The van der Waals surface area contributed by atoms with Crippen molar-refractivity contribution >= 4 is 49.4 Å². The van der Waals surface area contributed by atoms with Crippen molar-refractivity contribution in [2.45, 2.75) is 19.8 Å². The molecule has 0 saturated carbocycles. The zero-order chi connectivity index (χ0) is 23.3. The van der Waals surface area contributed by atoms with E-state index in [0.717, 1.165) is 12.1 Å². The van der Waals surface area contributed by atoms with Crippen LogP contribution in [-0.2, 0) is 11.2 Å². The van der Waals surface area contributed by atoms with Crippen LogP contribution in [0.15, 0.2) is 69.6 Å². The van der Waals surface area contributed by atoms with Crippen LogP contribution in [0.3, 0.4) is 0 Å². The third-order valence-corrected chi connectivity index (χ3v) is 5.77. The summed E-state index contributed by atoms with van der Waals surface area (Å²) < 4.78 is 7.08. The van der Waals surface area contributed by atoms with Gasteiger partial charge in [-0.25, -0.2) is 0 Å². The van der Waals surface area contributed by atoms with E-state index >= 15 is 0 Å². The largest absolute Gasteiger partial charge is 0.507 e. The van der Waals surface area contributed by atoms with Crippen molar-refractivity contribution in [2.75, 3.05) is 11.4 Å². The Morgan fingerprint density at radius 1 is 1.00 bits per heavy atom. The number of halogens is 2. The van der Waals surface area contributed by atoms with Crippen LogP contribution in [0.5, 0.6) is 17.2 Å². The Balaban J connectivity index is 1.92. The highest BCUT2D eigenvalue weighted by Gasteiger charge is 2.21. The molecule has 0 radical (unpaired) electrons. The maximum atomic E-state index is 13.3. The highest BCUT2D eigenvalue weighted by atomic mass is 79.9. The molecule has 32 heavy (non-hydrogen) atoms. The number of benzene rings is 3. The predicted molar refractivity (Wildman–Crippen MR) is 130 cm³/mol. The van der Waals surface area contributed by atoms with Crippen LogP contribution in [0.25, 0.3) is 0 Å². The third-order valence-electron chi connectivity index (χ3n) is 4.59. The molecular weight excluding hydrogens is 542 g/mol. The number of amides is 1. The number of carboxylic acids is 1. The summed E-state index contributed by atoms with van der Waals surface area (Å²) >= 11 is 6.82. The van der Waals surface area contributed by atoms with Crippen molar-refractivity contribution < 1.29 is 24.5 Å². The summed E-state index contributed by atoms with van der Waals surface area (Å²) in [6.07, 6.45) is 0.627. The van der Waals surface area contributed by atoms with Crippen LogP contribution in [0.4, 0.5) is 5.69 Å². The first-order valence-electron chi connectivity index (χ1n) is 9.87. The molecule has 0 atom stereocenters. The maximum Gasteiger partial charge on any atom is 0.307 e. The molecular formula is C24H21Br2NO5. The van der Waals surface area contributed by atoms with E-state index in [1.54, 1.807) is 23.1 Å². The number of hydrogen-bond acceptors (Lipinski definition) is 4. The maximum absolute atomic E-state index is 13.3. The van der Waals surface area contributed by atoms with Gasteiger partial charge in [0.15, 0.2) is 5.75 Å². The van der Waals surface area contributed by atoms with Gasteiger partial charge in [-0.1, -0.05) is 25.1 Å². The first kappa shape index (κ1) is 23.8. The van der Waals surface area contributed by atoms with Crippen molar-refractivity contribution in [1.29, 1.82) is 0 Å². The second-order valence-corrected chi connectivity index (χ2v) is 8.74. The van der Waals surface area contributed by atoms with Crippen LogP contribution in [-0.4, -0.2) is 28.6 Å². The van der Waals surface area contributed by atoms with Crippen molar-refractivity contribution in [3.8, 4) is 17.2 Å². The summed E-state index contributed by atoms with van der Waals surface area (Å²) in [6, 6.07) is 17.1. The van der Waals surface area contributed by atoms with Crippen LogP contribution in [0, 0.1) is 0 Å². The Morgan fingerprint density at radius 2 is 1.66 bits per heavy atom. The molecule has 0 bridgehead atoms. The molecule has 3 aromatic rings. The molecule has 166 valence electrons. The Bertz CT molecular complexity index is 1110. The first-order chi connectivity index (χ1) is 15.3. The fraction of sp³-hybridized carbons (Fsp3) is 0.167. The van der Waals surface area contributed by atoms with Gasteiger partial charge in [-0.3, -0.25) is 9.59 Å². The zero-order valence-corrected chi connectivity index (χ0v) is 20.4. The number of carboxylic acid groups (broad SMARTS) is 1. The summed E-state index contributed by atoms with van der Waals surface area (Å²) in [6.45, 7) is 2.47. The van der Waals surface area contributed by atoms with Gasteiger partial charge < -0.3 is 19.8 Å². The number of ether oxygens (including phenoxy) is 1. The van der Waals surface area contributed by atoms with Gasteiger partial charge in [0.1, 0.15) is 11.5 Å². The normalized spacial score (nSPS) is 10.6. The lowest BCUT2D eigenvalue weighted by atomic mass is 10.1. The summed E-state index contributed by atoms with van der Waals surface area (Å²) in [5, 5.41) is 19.4. The van der Waals surface area contributed by atoms with Crippen LogP contribution in [0.2, 0.25) is 0 Å². The molecule has 0 fully saturated rings. The number of anilines is 1. The predicted octanol–water partition coefficient (Wildman–Crippen LogP) is 6.39. The summed E-state index contributed by atoms with van der Waals surface area (Å²) in [5.41, 5.74) is 1.46. The molecule has 0 heterocycles. The molecule has 0 aliphatic heterocycles. The number of hydrogen-bond donors (Lipinski definition) is 2. The number of aliphatic carboxylic acids is 1. The van der Waals surface area contributed by atoms with E-state index in [1.165, 1.54) is 12.1 Å². The van der Waals surface area contributed by atoms with Gasteiger partial charge in [0, 0.05) is 12.2 Å². The lowest BCUT2D eigenvalue weighted by Gasteiger charge is -2.23. The quantitative estimate of drug-likeness (QED) is 0.332. The van der Waals surface area contributed by atoms with Crippen LogP contribution < -0.4 is 9.64 Å². The molecule has 0 saturated heterocycles. The van der Waals surface area contributed by atoms with Crippen LogP contribution >= 0.6 is 31.9 Å². The zero-order valence-electron chi connectivity index (χ0n) is 17.2. The Hall–Kier alpha value is -2.84. The van der Waals surface area contributed by atoms with E-state index in [0.29, 0.717) is 32.6 Å². The third kappa shape index (κ3) is 5.69. The van der Waals surface area contributed by atoms with Gasteiger partial charge >= 0.3 is 5.97 Å². The Kier molecular flexibility index (Phi) is 7.93. The van der Waals surface area contributed by atoms with Crippen molar-refractivity contribution in [2.24, 2.45) is 0 Å².